The van der Waals surface area contributed by atoms with Gasteiger partial charge in [0.1, 0.15) is 5.00 Å². The number of amides is 2. The normalized spacial score (nSPS) is 15.3. The van der Waals surface area contributed by atoms with Gasteiger partial charge < -0.3 is 11.1 Å². The number of ketones is 1. The molecule has 0 saturated heterocycles. The van der Waals surface area contributed by atoms with Crippen molar-refractivity contribution < 1.29 is 14.4 Å². The standard InChI is InChI=1S/C24H22N2O3S/c1-14-7-12-19-18(13-14)20(22(25)28)24(30-19)26-23(29)17-10-8-16(9-11-17)21(27)15-5-3-2-4-6-15/h2-6,8-11,14H,7,12-13H2,1H3,(H2,25,28)(H,26,29). The minimum atomic E-state index is -0.513. The fraction of sp³-hybridized carbons (Fsp3) is 0.208. The van der Waals surface area contributed by atoms with Crippen molar-refractivity contribution in [1.82, 2.24) is 0 Å². The molecule has 1 aliphatic carbocycles. The van der Waals surface area contributed by atoms with Gasteiger partial charge in [0.2, 0.25) is 0 Å². The number of anilines is 1. The van der Waals surface area contributed by atoms with Crippen molar-refractivity contribution in [2.75, 3.05) is 5.32 Å². The van der Waals surface area contributed by atoms with Crippen molar-refractivity contribution in [2.24, 2.45) is 11.7 Å². The third kappa shape index (κ3) is 3.91. The summed E-state index contributed by atoms with van der Waals surface area (Å²) in [5, 5.41) is 3.36. The molecule has 1 heterocycles. The van der Waals surface area contributed by atoms with E-state index in [1.54, 1.807) is 36.4 Å². The number of carbonyl (C=O) groups excluding carboxylic acids is 3. The van der Waals surface area contributed by atoms with E-state index in [4.69, 9.17) is 5.73 Å². The Labute approximate surface area is 178 Å². The summed E-state index contributed by atoms with van der Waals surface area (Å²) in [6.07, 6.45) is 2.76. The van der Waals surface area contributed by atoms with Crippen LogP contribution in [0.1, 0.15) is 60.4 Å². The van der Waals surface area contributed by atoms with E-state index in [1.165, 1.54) is 11.3 Å². The molecule has 6 heteroatoms. The van der Waals surface area contributed by atoms with Crippen LogP contribution in [0, 0.1) is 5.92 Å². The van der Waals surface area contributed by atoms with Gasteiger partial charge in [0, 0.05) is 21.6 Å². The Bertz CT molecular complexity index is 1120. The Morgan fingerprint density at radius 2 is 1.60 bits per heavy atom. The summed E-state index contributed by atoms with van der Waals surface area (Å²) in [6, 6.07) is 15.5. The van der Waals surface area contributed by atoms with Crippen LogP contribution in [0.3, 0.4) is 0 Å². The lowest BCUT2D eigenvalue weighted by Gasteiger charge is -2.18. The summed E-state index contributed by atoms with van der Waals surface area (Å²) in [7, 11) is 0. The van der Waals surface area contributed by atoms with Gasteiger partial charge in [0.15, 0.2) is 5.78 Å². The SMILES string of the molecule is CC1CCc2sc(NC(=O)c3ccc(C(=O)c4ccccc4)cc3)c(C(N)=O)c2C1. The minimum absolute atomic E-state index is 0.0985. The fourth-order valence-electron chi connectivity index (χ4n) is 3.81. The monoisotopic (exact) mass is 418 g/mol. The van der Waals surface area contributed by atoms with Crippen LogP contribution in [0.2, 0.25) is 0 Å². The van der Waals surface area contributed by atoms with Gasteiger partial charge >= 0.3 is 0 Å². The zero-order valence-corrected chi connectivity index (χ0v) is 17.4. The van der Waals surface area contributed by atoms with Crippen LogP contribution in [0.25, 0.3) is 0 Å². The highest BCUT2D eigenvalue weighted by molar-refractivity contribution is 7.17. The molecule has 1 atom stereocenters. The van der Waals surface area contributed by atoms with Gasteiger partial charge in [-0.1, -0.05) is 49.4 Å². The number of nitrogens with one attached hydrogen (secondary N) is 1. The van der Waals surface area contributed by atoms with Crippen LogP contribution in [-0.2, 0) is 12.8 Å². The maximum Gasteiger partial charge on any atom is 0.256 e. The summed E-state index contributed by atoms with van der Waals surface area (Å²) < 4.78 is 0. The van der Waals surface area contributed by atoms with Crippen LogP contribution in [-0.4, -0.2) is 17.6 Å². The molecule has 0 aliphatic heterocycles. The zero-order valence-electron chi connectivity index (χ0n) is 16.6. The summed E-state index contributed by atoms with van der Waals surface area (Å²) in [4.78, 5) is 38.5. The number of carbonyl (C=O) groups is 3. The first-order valence-electron chi connectivity index (χ1n) is 9.89. The second-order valence-corrected chi connectivity index (χ2v) is 8.75. The lowest BCUT2D eigenvalue weighted by molar-refractivity contribution is 0.0998. The van der Waals surface area contributed by atoms with Gasteiger partial charge in [0.05, 0.1) is 5.56 Å². The first kappa shape index (κ1) is 20.0. The molecule has 5 nitrogen and oxygen atoms in total. The molecule has 0 radical (unpaired) electrons. The molecule has 2 amide bonds. The lowest BCUT2D eigenvalue weighted by Crippen LogP contribution is -2.20. The van der Waals surface area contributed by atoms with E-state index in [0.29, 0.717) is 33.2 Å². The van der Waals surface area contributed by atoms with Gasteiger partial charge in [-0.3, -0.25) is 14.4 Å². The molecule has 1 aromatic heterocycles. The lowest BCUT2D eigenvalue weighted by atomic mass is 9.87. The van der Waals surface area contributed by atoms with E-state index < -0.39 is 5.91 Å². The number of aryl methyl sites for hydroxylation is 1. The molecular weight excluding hydrogens is 396 g/mol. The number of benzene rings is 2. The van der Waals surface area contributed by atoms with Crippen molar-refractivity contribution >= 4 is 33.9 Å². The first-order valence-corrected chi connectivity index (χ1v) is 10.7. The van der Waals surface area contributed by atoms with Crippen LogP contribution in [0.4, 0.5) is 5.00 Å². The average molecular weight is 419 g/mol. The Balaban J connectivity index is 1.55. The topological polar surface area (TPSA) is 89.3 Å². The third-order valence-electron chi connectivity index (χ3n) is 5.43. The molecular formula is C24H22N2O3S. The number of nitrogens with two attached hydrogens (primary N) is 1. The quantitative estimate of drug-likeness (QED) is 0.600. The summed E-state index contributed by atoms with van der Waals surface area (Å²) in [5.41, 5.74) is 8.56. The predicted octanol–water partition coefficient (Wildman–Crippen LogP) is 4.46. The molecule has 30 heavy (non-hydrogen) atoms. The van der Waals surface area contributed by atoms with E-state index in [-0.39, 0.29) is 11.7 Å². The molecule has 0 saturated carbocycles. The highest BCUT2D eigenvalue weighted by Gasteiger charge is 2.27. The van der Waals surface area contributed by atoms with Crippen molar-refractivity contribution in [2.45, 2.75) is 26.2 Å². The maximum atomic E-state index is 12.8. The molecule has 152 valence electrons. The van der Waals surface area contributed by atoms with Crippen molar-refractivity contribution in [3.63, 3.8) is 0 Å². The number of fused-ring (bicyclic) bond motifs is 1. The summed E-state index contributed by atoms with van der Waals surface area (Å²) in [5.74, 6) is -0.453. The Hall–Kier alpha value is -3.25. The average Bonchev–Trinajstić information content (AvgIpc) is 3.11. The number of thiophene rings is 1. The number of primary amides is 1. The van der Waals surface area contributed by atoms with Gasteiger partial charge in [-0.2, -0.15) is 0 Å². The largest absolute Gasteiger partial charge is 0.365 e. The highest BCUT2D eigenvalue weighted by Crippen LogP contribution is 2.39. The number of hydrogen-bond acceptors (Lipinski definition) is 4. The predicted molar refractivity (Wildman–Crippen MR) is 118 cm³/mol. The van der Waals surface area contributed by atoms with E-state index in [9.17, 15) is 14.4 Å². The summed E-state index contributed by atoms with van der Waals surface area (Å²) >= 11 is 1.43. The molecule has 0 bridgehead atoms. The Morgan fingerprint density at radius 1 is 0.967 bits per heavy atom. The molecule has 2 aromatic carbocycles. The zero-order chi connectivity index (χ0) is 21.3. The van der Waals surface area contributed by atoms with E-state index >= 15 is 0 Å². The van der Waals surface area contributed by atoms with Crippen LogP contribution in [0.5, 0.6) is 0 Å². The van der Waals surface area contributed by atoms with Gasteiger partial charge in [0.25, 0.3) is 11.8 Å². The first-order chi connectivity index (χ1) is 14.4. The van der Waals surface area contributed by atoms with Crippen LogP contribution < -0.4 is 11.1 Å². The Kier molecular flexibility index (Phi) is 5.50. The van der Waals surface area contributed by atoms with E-state index in [0.717, 1.165) is 29.7 Å². The molecule has 0 fully saturated rings. The summed E-state index contributed by atoms with van der Waals surface area (Å²) in [6.45, 7) is 2.15. The van der Waals surface area contributed by atoms with Crippen LogP contribution >= 0.6 is 11.3 Å². The fourth-order valence-corrected chi connectivity index (χ4v) is 5.06. The maximum absolute atomic E-state index is 12.8. The second-order valence-electron chi connectivity index (χ2n) is 7.65. The number of hydrogen-bond donors (Lipinski definition) is 2. The van der Waals surface area contributed by atoms with Crippen molar-refractivity contribution in [3.8, 4) is 0 Å². The molecule has 1 aliphatic rings. The van der Waals surface area contributed by atoms with E-state index in [2.05, 4.69) is 12.2 Å². The van der Waals surface area contributed by atoms with E-state index in [1.807, 2.05) is 18.2 Å². The van der Waals surface area contributed by atoms with Gasteiger partial charge in [-0.25, -0.2) is 0 Å². The molecule has 1 unspecified atom stereocenters. The Morgan fingerprint density at radius 3 is 2.27 bits per heavy atom. The number of rotatable bonds is 5. The third-order valence-corrected chi connectivity index (χ3v) is 6.63. The molecule has 4 rings (SSSR count). The molecule has 3 N–H and O–H groups in total. The van der Waals surface area contributed by atoms with Gasteiger partial charge in [-0.05, 0) is 42.9 Å². The van der Waals surface area contributed by atoms with Crippen LogP contribution in [0.15, 0.2) is 54.6 Å². The molecule has 3 aromatic rings. The van der Waals surface area contributed by atoms with Crippen molar-refractivity contribution in [1.29, 1.82) is 0 Å². The van der Waals surface area contributed by atoms with Crippen molar-refractivity contribution in [3.05, 3.63) is 87.3 Å². The minimum Gasteiger partial charge on any atom is -0.365 e. The molecule has 0 spiro atoms. The smallest absolute Gasteiger partial charge is 0.256 e. The second kappa shape index (κ2) is 8.24. The van der Waals surface area contributed by atoms with Gasteiger partial charge in [-0.15, -0.1) is 11.3 Å². The highest BCUT2D eigenvalue weighted by atomic mass is 32.1.